The zero-order valence-electron chi connectivity index (χ0n) is 29.8. The molecule has 0 bridgehead atoms. The second kappa shape index (κ2) is 34.7. The molecule has 0 unspecified atom stereocenters. The van der Waals surface area contributed by atoms with Crippen molar-refractivity contribution in [2.24, 2.45) is 11.8 Å². The largest absolute Gasteiger partial charge is 1.00 e. The van der Waals surface area contributed by atoms with E-state index >= 15 is 0 Å². The predicted octanol–water partition coefficient (Wildman–Crippen LogP) is 9.52. The van der Waals surface area contributed by atoms with Crippen molar-refractivity contribution in [3.8, 4) is 0 Å². The van der Waals surface area contributed by atoms with E-state index in [1.165, 1.54) is 193 Å². The number of halogens is 1. The van der Waals surface area contributed by atoms with Crippen molar-refractivity contribution in [2.45, 2.75) is 226 Å². The van der Waals surface area contributed by atoms with Crippen LogP contribution in [0.1, 0.15) is 220 Å². The van der Waals surface area contributed by atoms with Gasteiger partial charge in [0.05, 0.1) is 20.1 Å². The third kappa shape index (κ3) is 36.3. The second-order valence-electron chi connectivity index (χ2n) is 14.9. The third-order valence-corrected chi connectivity index (χ3v) is 9.48. The van der Waals surface area contributed by atoms with Gasteiger partial charge in [0, 0.05) is 0 Å². The molecule has 2 heteroatoms. The Morgan fingerprint density at radius 2 is 0.463 bits per heavy atom. The monoisotopic (exact) mass is 600 g/mol. The highest BCUT2D eigenvalue weighted by Gasteiger charge is 2.13. The summed E-state index contributed by atoms with van der Waals surface area (Å²) in [6, 6.07) is 0.899. The van der Waals surface area contributed by atoms with Gasteiger partial charge in [0.25, 0.3) is 0 Å². The van der Waals surface area contributed by atoms with Crippen LogP contribution in [0.5, 0.6) is 0 Å². The predicted molar refractivity (Wildman–Crippen MR) is 185 cm³/mol. The Morgan fingerprint density at radius 1 is 0.293 bits per heavy atom. The van der Waals surface area contributed by atoms with Crippen molar-refractivity contribution in [1.82, 2.24) is 0 Å². The van der Waals surface area contributed by atoms with Gasteiger partial charge in [0.1, 0.15) is 0 Å². The fraction of sp³-hybridized carbons (Fsp3) is 1.00. The fourth-order valence-corrected chi connectivity index (χ4v) is 6.50. The van der Waals surface area contributed by atoms with Crippen molar-refractivity contribution < 1.29 is 17.3 Å². The van der Waals surface area contributed by atoms with Gasteiger partial charge in [-0.3, -0.25) is 0 Å². The van der Waals surface area contributed by atoms with E-state index in [1.54, 1.807) is 4.90 Å². The van der Waals surface area contributed by atoms with Crippen LogP contribution in [0.25, 0.3) is 0 Å². The molecule has 0 radical (unpaired) electrons. The van der Waals surface area contributed by atoms with Gasteiger partial charge < -0.3 is 17.3 Å². The van der Waals surface area contributed by atoms with Crippen molar-refractivity contribution >= 4 is 0 Å². The number of unbranched alkanes of at least 4 members (excludes halogenated alkanes) is 24. The number of rotatable bonds is 33. The van der Waals surface area contributed by atoms with Gasteiger partial charge in [-0.15, -0.1) is 0 Å². The lowest BCUT2D eigenvalue weighted by Gasteiger charge is -2.21. The van der Waals surface area contributed by atoms with Crippen LogP contribution >= 0.6 is 0 Å². The van der Waals surface area contributed by atoms with E-state index in [1.807, 2.05) is 0 Å². The van der Waals surface area contributed by atoms with Crippen LogP contribution < -0.4 is 17.3 Å². The molecular weight excluding hydrogens is 518 g/mol. The van der Waals surface area contributed by atoms with Crippen molar-refractivity contribution in [1.29, 1.82) is 0 Å². The molecule has 1 N–H and O–H groups in total. The molecule has 41 heavy (non-hydrogen) atoms. The van der Waals surface area contributed by atoms with Gasteiger partial charge in [-0.05, 0) is 37.5 Å². The Kier molecular flexibility index (Phi) is 36.8. The molecule has 0 rings (SSSR count). The van der Waals surface area contributed by atoms with Gasteiger partial charge in [0.15, 0.2) is 0 Å². The first-order valence-corrected chi connectivity index (χ1v) is 19.2. The third-order valence-electron chi connectivity index (χ3n) is 9.48. The van der Waals surface area contributed by atoms with E-state index in [4.69, 9.17) is 0 Å². The molecule has 0 aliphatic heterocycles. The molecule has 0 aromatic rings. The first-order chi connectivity index (χ1) is 19.4. The summed E-state index contributed by atoms with van der Waals surface area (Å²) >= 11 is 0. The quantitative estimate of drug-likeness (QED) is 0.0716. The SMILES string of the molecule is CC(C)CCCCCCCCCCCCCCCC(CCCCCCCCCCCCCCCC(C)C)[NH+](C)C.[Cl-]. The van der Waals surface area contributed by atoms with Crippen LogP contribution in [0.15, 0.2) is 0 Å². The standard InChI is InChI=1S/C39H81N.ClH/c1-37(2)33-29-25-21-17-13-9-7-11-15-19-23-27-31-35-39(40(5)6)36-32-28-24-20-16-12-8-10-14-18-22-26-30-34-38(3)4;/h37-39H,7-36H2,1-6H3;1H. The molecule has 0 fully saturated rings. The maximum Gasteiger partial charge on any atom is 0.0870 e. The Labute approximate surface area is 269 Å². The summed E-state index contributed by atoms with van der Waals surface area (Å²) in [4.78, 5) is 1.69. The zero-order chi connectivity index (χ0) is 29.5. The first kappa shape index (κ1) is 43.4. The van der Waals surface area contributed by atoms with E-state index < -0.39 is 0 Å². The summed E-state index contributed by atoms with van der Waals surface area (Å²) in [6.07, 6.45) is 44.1. The van der Waals surface area contributed by atoms with Crippen LogP contribution in [-0.4, -0.2) is 20.1 Å². The first-order valence-electron chi connectivity index (χ1n) is 19.2. The zero-order valence-corrected chi connectivity index (χ0v) is 30.6. The molecule has 0 aromatic carbocycles. The highest BCUT2D eigenvalue weighted by Crippen LogP contribution is 2.17. The highest BCUT2D eigenvalue weighted by molar-refractivity contribution is 4.59. The number of hydrogen-bond acceptors (Lipinski definition) is 0. The van der Waals surface area contributed by atoms with E-state index in [0.717, 1.165) is 17.9 Å². The normalized spacial score (nSPS) is 11.9. The van der Waals surface area contributed by atoms with Crippen LogP contribution in [0.3, 0.4) is 0 Å². The average molecular weight is 601 g/mol. The summed E-state index contributed by atoms with van der Waals surface area (Å²) in [7, 11) is 4.78. The van der Waals surface area contributed by atoms with E-state index in [9.17, 15) is 0 Å². The van der Waals surface area contributed by atoms with Crippen LogP contribution in [0.4, 0.5) is 0 Å². The Hall–Kier alpha value is 0.250. The van der Waals surface area contributed by atoms with Crippen LogP contribution in [0, 0.1) is 11.8 Å². The van der Waals surface area contributed by atoms with Gasteiger partial charge in [-0.1, -0.05) is 195 Å². The maximum absolute atomic E-state index is 2.39. The minimum Gasteiger partial charge on any atom is -1.00 e. The van der Waals surface area contributed by atoms with Crippen molar-refractivity contribution in [2.75, 3.05) is 14.1 Å². The minimum absolute atomic E-state index is 0. The summed E-state index contributed by atoms with van der Waals surface area (Å²) in [5.74, 6) is 1.78. The average Bonchev–Trinajstić information content (AvgIpc) is 2.91. The molecule has 0 aliphatic rings. The van der Waals surface area contributed by atoms with Gasteiger partial charge in [-0.2, -0.15) is 0 Å². The lowest BCUT2D eigenvalue weighted by Crippen LogP contribution is -3.10. The molecule has 1 nitrogen and oxygen atoms in total. The number of hydrogen-bond donors (Lipinski definition) is 1. The van der Waals surface area contributed by atoms with Crippen LogP contribution in [0.2, 0.25) is 0 Å². The summed E-state index contributed by atoms with van der Waals surface area (Å²) in [5, 5.41) is 0. The fourth-order valence-electron chi connectivity index (χ4n) is 6.50. The Balaban J connectivity index is 0. The molecule has 0 atom stereocenters. The molecule has 0 spiro atoms. The van der Waals surface area contributed by atoms with Crippen LogP contribution in [-0.2, 0) is 0 Å². The molecular formula is C39H82ClN. The molecule has 0 saturated heterocycles. The van der Waals surface area contributed by atoms with E-state index in [0.29, 0.717) is 0 Å². The molecule has 0 aliphatic carbocycles. The highest BCUT2D eigenvalue weighted by atomic mass is 35.5. The molecule has 0 saturated carbocycles. The van der Waals surface area contributed by atoms with E-state index in [2.05, 4.69) is 41.8 Å². The van der Waals surface area contributed by atoms with Crippen molar-refractivity contribution in [3.05, 3.63) is 0 Å². The summed E-state index contributed by atoms with van der Waals surface area (Å²) < 4.78 is 0. The van der Waals surface area contributed by atoms with E-state index in [-0.39, 0.29) is 12.4 Å². The summed E-state index contributed by atoms with van der Waals surface area (Å²) in [5.41, 5.74) is 0. The topological polar surface area (TPSA) is 4.44 Å². The molecule has 250 valence electrons. The number of nitrogens with one attached hydrogen (secondary N) is 1. The molecule has 0 aromatic heterocycles. The smallest absolute Gasteiger partial charge is 0.0870 e. The minimum atomic E-state index is 0. The van der Waals surface area contributed by atoms with Gasteiger partial charge in [-0.25, -0.2) is 0 Å². The lowest BCUT2D eigenvalue weighted by molar-refractivity contribution is -0.886. The summed E-state index contributed by atoms with van der Waals surface area (Å²) in [6.45, 7) is 9.40. The van der Waals surface area contributed by atoms with Gasteiger partial charge >= 0.3 is 0 Å². The Bertz CT molecular complexity index is 422. The maximum atomic E-state index is 2.39. The number of quaternary nitrogens is 1. The second-order valence-corrected chi connectivity index (χ2v) is 14.9. The van der Waals surface area contributed by atoms with Crippen molar-refractivity contribution in [3.63, 3.8) is 0 Å². The molecule has 0 heterocycles. The lowest BCUT2D eigenvalue weighted by atomic mass is 9.98. The molecule has 0 amide bonds. The Morgan fingerprint density at radius 3 is 0.634 bits per heavy atom. The van der Waals surface area contributed by atoms with Gasteiger partial charge in [0.2, 0.25) is 0 Å².